The Morgan fingerprint density at radius 1 is 1.39 bits per heavy atom. The van der Waals surface area contributed by atoms with Gasteiger partial charge in [-0.1, -0.05) is 25.8 Å². The third-order valence-corrected chi connectivity index (χ3v) is 3.01. The Kier molecular flexibility index (Phi) is 3.50. The molecule has 2 N–H and O–H groups in total. The Morgan fingerprint density at radius 3 is 2.83 bits per heavy atom. The maximum atomic E-state index is 11.8. The number of hydrogen-bond acceptors (Lipinski definition) is 2. The smallest absolute Gasteiger partial charge is 0.337 e. The number of aromatic nitrogens is 2. The average molecular weight is 248 g/mol. The molecular formula is C13H16N2O3. The maximum Gasteiger partial charge on any atom is 0.337 e. The van der Waals surface area contributed by atoms with Crippen molar-refractivity contribution in [2.45, 2.75) is 32.7 Å². The number of aromatic amines is 1. The summed E-state index contributed by atoms with van der Waals surface area (Å²) in [5.41, 5.74) is 1.000. The molecular weight excluding hydrogens is 232 g/mol. The number of rotatable bonds is 5. The molecule has 1 heterocycles. The van der Waals surface area contributed by atoms with Crippen molar-refractivity contribution < 1.29 is 9.90 Å². The molecule has 0 bridgehead atoms. The van der Waals surface area contributed by atoms with Crippen LogP contribution in [0.25, 0.3) is 11.0 Å². The van der Waals surface area contributed by atoms with Crippen LogP contribution in [-0.4, -0.2) is 20.6 Å². The minimum atomic E-state index is -1.01. The van der Waals surface area contributed by atoms with E-state index in [1.807, 2.05) is 0 Å². The number of H-pyrrole nitrogens is 1. The van der Waals surface area contributed by atoms with E-state index in [-0.39, 0.29) is 11.3 Å². The number of benzene rings is 1. The zero-order valence-electron chi connectivity index (χ0n) is 10.3. The number of unbranched alkanes of at least 4 members (excludes halogenated alkanes) is 2. The van der Waals surface area contributed by atoms with Crippen LogP contribution < -0.4 is 5.69 Å². The Morgan fingerprint density at radius 2 is 2.17 bits per heavy atom. The monoisotopic (exact) mass is 248 g/mol. The molecule has 5 nitrogen and oxygen atoms in total. The summed E-state index contributed by atoms with van der Waals surface area (Å²) in [5, 5.41) is 9.16. The van der Waals surface area contributed by atoms with Crippen LogP contribution in [0.2, 0.25) is 0 Å². The second kappa shape index (κ2) is 5.08. The van der Waals surface area contributed by atoms with Crippen molar-refractivity contribution in [2.24, 2.45) is 0 Å². The van der Waals surface area contributed by atoms with Gasteiger partial charge in [-0.2, -0.15) is 0 Å². The summed E-state index contributed by atoms with van der Waals surface area (Å²) in [5.74, 6) is -1.01. The van der Waals surface area contributed by atoms with E-state index in [9.17, 15) is 9.59 Å². The topological polar surface area (TPSA) is 75.1 Å². The largest absolute Gasteiger partial charge is 0.478 e. The lowest BCUT2D eigenvalue weighted by molar-refractivity contribution is 0.0698. The van der Waals surface area contributed by atoms with Crippen molar-refractivity contribution in [1.82, 2.24) is 9.55 Å². The molecule has 0 atom stereocenters. The molecule has 0 aliphatic heterocycles. The van der Waals surface area contributed by atoms with E-state index in [0.29, 0.717) is 17.6 Å². The quantitative estimate of drug-likeness (QED) is 0.796. The summed E-state index contributed by atoms with van der Waals surface area (Å²) < 4.78 is 1.52. The highest BCUT2D eigenvalue weighted by Crippen LogP contribution is 2.16. The van der Waals surface area contributed by atoms with Crippen LogP contribution >= 0.6 is 0 Å². The molecule has 0 amide bonds. The molecule has 1 aromatic carbocycles. The van der Waals surface area contributed by atoms with Gasteiger partial charge in [0.15, 0.2) is 0 Å². The van der Waals surface area contributed by atoms with Crippen LogP contribution in [-0.2, 0) is 6.54 Å². The second-order valence-corrected chi connectivity index (χ2v) is 4.30. The van der Waals surface area contributed by atoms with Gasteiger partial charge in [0.1, 0.15) is 0 Å². The van der Waals surface area contributed by atoms with Crippen molar-refractivity contribution in [3.63, 3.8) is 0 Å². The summed E-state index contributed by atoms with van der Waals surface area (Å²) in [6, 6.07) is 4.88. The van der Waals surface area contributed by atoms with Gasteiger partial charge in [0.25, 0.3) is 0 Å². The molecule has 0 spiro atoms. The number of carboxylic acid groups (broad SMARTS) is 1. The van der Waals surface area contributed by atoms with Gasteiger partial charge in [-0.15, -0.1) is 0 Å². The van der Waals surface area contributed by atoms with Gasteiger partial charge in [0.05, 0.1) is 16.6 Å². The maximum absolute atomic E-state index is 11.8. The number of fused-ring (bicyclic) bond motifs is 1. The third kappa shape index (κ3) is 2.16. The van der Waals surface area contributed by atoms with Gasteiger partial charge in [-0.3, -0.25) is 4.57 Å². The predicted octanol–water partition coefficient (Wildman–Crippen LogP) is 2.22. The first kappa shape index (κ1) is 12.4. The number of para-hydroxylation sites is 1. The van der Waals surface area contributed by atoms with Crippen LogP contribution in [0.15, 0.2) is 23.0 Å². The predicted molar refractivity (Wildman–Crippen MR) is 69.0 cm³/mol. The zero-order valence-corrected chi connectivity index (χ0v) is 10.3. The molecule has 0 radical (unpaired) electrons. The molecule has 0 unspecified atom stereocenters. The Bertz CT molecular complexity index is 625. The molecule has 0 saturated carbocycles. The van der Waals surface area contributed by atoms with E-state index in [4.69, 9.17) is 5.11 Å². The highest BCUT2D eigenvalue weighted by molar-refractivity contribution is 6.01. The first-order valence-electron chi connectivity index (χ1n) is 6.10. The number of imidazole rings is 1. The van der Waals surface area contributed by atoms with E-state index < -0.39 is 5.97 Å². The van der Waals surface area contributed by atoms with Gasteiger partial charge in [-0.25, -0.2) is 9.59 Å². The van der Waals surface area contributed by atoms with Crippen molar-refractivity contribution in [3.8, 4) is 0 Å². The Hall–Kier alpha value is -2.04. The molecule has 0 aliphatic rings. The van der Waals surface area contributed by atoms with E-state index >= 15 is 0 Å². The van der Waals surface area contributed by atoms with Crippen LogP contribution in [0.1, 0.15) is 36.5 Å². The number of carboxylic acids is 1. The molecule has 2 aromatic rings. The molecule has 1 aromatic heterocycles. The number of aromatic carboxylic acids is 1. The number of carbonyl (C=O) groups is 1. The third-order valence-electron chi connectivity index (χ3n) is 3.01. The Labute approximate surface area is 104 Å². The van der Waals surface area contributed by atoms with Crippen molar-refractivity contribution in [3.05, 3.63) is 34.2 Å². The molecule has 2 rings (SSSR count). The van der Waals surface area contributed by atoms with Gasteiger partial charge in [0.2, 0.25) is 0 Å². The minimum Gasteiger partial charge on any atom is -0.478 e. The second-order valence-electron chi connectivity index (χ2n) is 4.30. The normalized spacial score (nSPS) is 10.9. The first-order chi connectivity index (χ1) is 8.65. The summed E-state index contributed by atoms with van der Waals surface area (Å²) in [6.07, 6.45) is 2.95. The lowest BCUT2D eigenvalue weighted by Gasteiger charge is -2.04. The molecule has 5 heteroatoms. The Balaban J connectivity index is 2.53. The van der Waals surface area contributed by atoms with Crippen LogP contribution in [0, 0.1) is 0 Å². The minimum absolute atomic E-state index is 0.169. The summed E-state index contributed by atoms with van der Waals surface area (Å²) in [4.78, 5) is 25.7. The van der Waals surface area contributed by atoms with Gasteiger partial charge < -0.3 is 10.1 Å². The van der Waals surface area contributed by atoms with Crippen molar-refractivity contribution >= 4 is 17.0 Å². The molecule has 0 saturated heterocycles. The lowest BCUT2D eigenvalue weighted by Crippen LogP contribution is -2.17. The van der Waals surface area contributed by atoms with Crippen molar-refractivity contribution in [2.75, 3.05) is 0 Å². The molecule has 18 heavy (non-hydrogen) atoms. The fourth-order valence-corrected chi connectivity index (χ4v) is 2.13. The van der Waals surface area contributed by atoms with Crippen LogP contribution in [0.3, 0.4) is 0 Å². The average Bonchev–Trinajstić information content (AvgIpc) is 2.65. The van der Waals surface area contributed by atoms with Gasteiger partial charge in [-0.05, 0) is 18.6 Å². The van der Waals surface area contributed by atoms with E-state index in [1.54, 1.807) is 12.1 Å². The summed E-state index contributed by atoms with van der Waals surface area (Å²) in [7, 11) is 0. The number of nitrogens with one attached hydrogen (secondary N) is 1. The molecule has 96 valence electrons. The zero-order chi connectivity index (χ0) is 13.1. The number of aryl methyl sites for hydroxylation is 1. The highest BCUT2D eigenvalue weighted by atomic mass is 16.4. The molecule has 0 fully saturated rings. The van der Waals surface area contributed by atoms with Gasteiger partial charge in [0, 0.05) is 6.54 Å². The highest BCUT2D eigenvalue weighted by Gasteiger charge is 2.14. The summed E-state index contributed by atoms with van der Waals surface area (Å²) >= 11 is 0. The standard InChI is InChI=1S/C13H16N2O3/c1-2-3-4-8-15-11-9(12(16)17)6-5-7-10(11)14-13(15)18/h5-7H,2-4,8H2,1H3,(H,14,18)(H,16,17). The number of hydrogen-bond donors (Lipinski definition) is 2. The van der Waals surface area contributed by atoms with Crippen molar-refractivity contribution in [1.29, 1.82) is 0 Å². The van der Waals surface area contributed by atoms with Crippen LogP contribution in [0.5, 0.6) is 0 Å². The van der Waals surface area contributed by atoms with E-state index in [0.717, 1.165) is 19.3 Å². The first-order valence-corrected chi connectivity index (χ1v) is 6.10. The molecule has 0 aliphatic carbocycles. The van der Waals surface area contributed by atoms with Gasteiger partial charge >= 0.3 is 11.7 Å². The fourth-order valence-electron chi connectivity index (χ4n) is 2.13. The van der Waals surface area contributed by atoms with E-state index in [1.165, 1.54) is 10.6 Å². The van der Waals surface area contributed by atoms with Crippen LogP contribution in [0.4, 0.5) is 0 Å². The summed E-state index contributed by atoms with van der Waals surface area (Å²) in [6.45, 7) is 2.64. The number of nitrogens with zero attached hydrogens (tertiary/aromatic N) is 1. The van der Waals surface area contributed by atoms with E-state index in [2.05, 4.69) is 11.9 Å². The fraction of sp³-hybridized carbons (Fsp3) is 0.385. The lowest BCUT2D eigenvalue weighted by atomic mass is 10.2. The SMILES string of the molecule is CCCCCn1c(=O)[nH]c2cccc(C(=O)O)c21.